The van der Waals surface area contributed by atoms with E-state index in [1.165, 1.54) is 23.6 Å². The van der Waals surface area contributed by atoms with Gasteiger partial charge in [-0.15, -0.1) is 0 Å². The van der Waals surface area contributed by atoms with Gasteiger partial charge in [-0.1, -0.05) is 24.3 Å². The van der Waals surface area contributed by atoms with Crippen LogP contribution in [0.25, 0.3) is 10.9 Å². The van der Waals surface area contributed by atoms with Crippen molar-refractivity contribution < 1.29 is 14.3 Å². The van der Waals surface area contributed by atoms with Crippen LogP contribution in [0, 0.1) is 0 Å². The van der Waals surface area contributed by atoms with Gasteiger partial charge in [0.05, 0.1) is 6.04 Å². The number of H-pyrrole nitrogens is 1. The first-order chi connectivity index (χ1) is 16.1. The van der Waals surface area contributed by atoms with E-state index in [0.717, 1.165) is 56.8 Å². The molecule has 0 spiro atoms. The molecule has 3 heterocycles. The van der Waals surface area contributed by atoms with Gasteiger partial charge in [-0.2, -0.15) is 0 Å². The van der Waals surface area contributed by atoms with Crippen LogP contribution in [0.5, 0.6) is 0 Å². The van der Waals surface area contributed by atoms with Gasteiger partial charge >= 0.3 is 5.97 Å². The molecule has 5 rings (SSSR count). The lowest BCUT2D eigenvalue weighted by atomic mass is 9.95. The molecule has 1 unspecified atom stereocenters. The van der Waals surface area contributed by atoms with Crippen LogP contribution < -0.4 is 9.80 Å². The predicted molar refractivity (Wildman–Crippen MR) is 130 cm³/mol. The summed E-state index contributed by atoms with van der Waals surface area (Å²) < 4.78 is 5.05. The van der Waals surface area contributed by atoms with E-state index in [1.807, 2.05) is 29.3 Å². The molecule has 1 atom stereocenters. The zero-order valence-electron chi connectivity index (χ0n) is 19.0. The van der Waals surface area contributed by atoms with E-state index in [4.69, 9.17) is 4.74 Å². The number of ether oxygens (including phenoxy) is 1. The van der Waals surface area contributed by atoms with E-state index >= 15 is 0 Å². The number of rotatable bonds is 5. The quantitative estimate of drug-likeness (QED) is 0.610. The topological polar surface area (TPSA) is 68.9 Å². The maximum atomic E-state index is 13.1. The molecular weight excluding hydrogens is 416 g/mol. The highest BCUT2D eigenvalue weighted by molar-refractivity contribution is 5.97. The number of aromatic nitrogens is 1. The summed E-state index contributed by atoms with van der Waals surface area (Å²) in [5, 5.41) is 1.26. The number of amides is 1. The molecule has 3 aromatic rings. The molecule has 2 aliphatic heterocycles. The van der Waals surface area contributed by atoms with Crippen LogP contribution in [0.15, 0.2) is 54.7 Å². The molecule has 1 aromatic heterocycles. The summed E-state index contributed by atoms with van der Waals surface area (Å²) in [5.74, 6) is -0.584. The normalized spacial score (nSPS) is 18.9. The van der Waals surface area contributed by atoms with Gasteiger partial charge in [-0.05, 0) is 42.7 Å². The number of anilines is 2. The second kappa shape index (κ2) is 9.27. The van der Waals surface area contributed by atoms with Crippen LogP contribution in [0.2, 0.25) is 0 Å². The Labute approximate surface area is 193 Å². The molecule has 1 saturated heterocycles. The van der Waals surface area contributed by atoms with E-state index in [0.29, 0.717) is 0 Å². The second-order valence-electron chi connectivity index (χ2n) is 8.87. The molecule has 1 N–H and O–H groups in total. The third-order valence-electron chi connectivity index (χ3n) is 6.78. The molecule has 1 fully saturated rings. The Morgan fingerprint density at radius 1 is 1.00 bits per heavy atom. The van der Waals surface area contributed by atoms with Crippen molar-refractivity contribution >= 4 is 34.2 Å². The van der Waals surface area contributed by atoms with Gasteiger partial charge < -0.3 is 19.5 Å². The number of carbonyl (C=O) groups is 2. The van der Waals surface area contributed by atoms with E-state index in [1.54, 1.807) is 0 Å². The maximum absolute atomic E-state index is 13.1. The Hall–Kier alpha value is -3.32. The average molecular weight is 447 g/mol. The van der Waals surface area contributed by atoms with Crippen molar-refractivity contribution in [3.05, 3.63) is 60.3 Å². The van der Waals surface area contributed by atoms with Crippen molar-refractivity contribution in [2.45, 2.75) is 25.8 Å². The number of hydrogen-bond acceptors (Lipinski definition) is 5. The zero-order chi connectivity index (χ0) is 22.8. The van der Waals surface area contributed by atoms with Crippen LogP contribution in [0.3, 0.4) is 0 Å². The number of esters is 1. The lowest BCUT2D eigenvalue weighted by Crippen LogP contribution is -2.54. The molecule has 7 heteroatoms. The lowest BCUT2D eigenvalue weighted by Gasteiger charge is -2.42. The number of piperazine rings is 1. The zero-order valence-corrected chi connectivity index (χ0v) is 19.0. The fraction of sp³-hybridized carbons (Fsp3) is 0.385. The fourth-order valence-electron chi connectivity index (χ4n) is 5.16. The number of nitrogens with zero attached hydrogens (tertiary/aromatic N) is 3. The van der Waals surface area contributed by atoms with Crippen molar-refractivity contribution in [3.63, 3.8) is 0 Å². The Morgan fingerprint density at radius 2 is 1.79 bits per heavy atom. The van der Waals surface area contributed by atoms with Crippen LogP contribution >= 0.6 is 0 Å². The van der Waals surface area contributed by atoms with Gasteiger partial charge in [0, 0.05) is 68.1 Å². The minimum atomic E-state index is -0.432. The highest BCUT2D eigenvalue weighted by atomic mass is 16.5. The van der Waals surface area contributed by atoms with Gasteiger partial charge in [-0.3, -0.25) is 14.5 Å². The average Bonchev–Trinajstić information content (AvgIpc) is 3.32. The van der Waals surface area contributed by atoms with Gasteiger partial charge in [0.15, 0.2) is 6.61 Å². The molecule has 0 aliphatic carbocycles. The smallest absolute Gasteiger partial charge is 0.303 e. The first kappa shape index (κ1) is 21.5. The molecule has 0 bridgehead atoms. The SMILES string of the molecule is CC(=O)OCC(=O)N1c2ccccc2CCC1CN1CCN(c2cccc3[nH]ccc23)CC1. The summed E-state index contributed by atoms with van der Waals surface area (Å²) in [6, 6.07) is 16.7. The maximum Gasteiger partial charge on any atom is 0.303 e. The monoisotopic (exact) mass is 446 g/mol. The van der Waals surface area contributed by atoms with Crippen LogP contribution in [-0.4, -0.2) is 67.1 Å². The molecule has 0 saturated carbocycles. The number of para-hydroxylation sites is 1. The predicted octanol–water partition coefficient (Wildman–Crippen LogP) is 3.20. The van der Waals surface area contributed by atoms with E-state index in [2.05, 4.69) is 45.1 Å². The summed E-state index contributed by atoms with van der Waals surface area (Å²) in [6.07, 6.45) is 3.85. The summed E-state index contributed by atoms with van der Waals surface area (Å²) >= 11 is 0. The van der Waals surface area contributed by atoms with E-state index in [-0.39, 0.29) is 18.6 Å². The van der Waals surface area contributed by atoms with Gasteiger partial charge in [0.2, 0.25) is 0 Å². The van der Waals surface area contributed by atoms with E-state index in [9.17, 15) is 9.59 Å². The molecule has 2 aromatic carbocycles. The van der Waals surface area contributed by atoms with Crippen LogP contribution in [0.1, 0.15) is 18.9 Å². The molecule has 7 nitrogen and oxygen atoms in total. The third-order valence-corrected chi connectivity index (χ3v) is 6.78. The minimum Gasteiger partial charge on any atom is -0.456 e. The molecule has 33 heavy (non-hydrogen) atoms. The van der Waals surface area contributed by atoms with Gasteiger partial charge in [-0.25, -0.2) is 0 Å². The molecule has 1 amide bonds. The van der Waals surface area contributed by atoms with Crippen LogP contribution in [0.4, 0.5) is 11.4 Å². The van der Waals surface area contributed by atoms with Gasteiger partial charge in [0.25, 0.3) is 5.91 Å². The molecular formula is C26H30N4O3. The van der Waals surface area contributed by atoms with Crippen LogP contribution in [-0.2, 0) is 20.7 Å². The first-order valence-electron chi connectivity index (χ1n) is 11.7. The molecule has 172 valence electrons. The van der Waals surface area contributed by atoms with Crippen molar-refractivity contribution in [3.8, 4) is 0 Å². The standard InChI is InChI=1S/C26H30N4O3/c1-19(31)33-18-26(32)30-21(10-9-20-5-2-3-7-24(20)30)17-28-13-15-29(16-14-28)25-8-4-6-23-22(25)11-12-27-23/h2-8,11-12,21,27H,9-10,13-18H2,1H3. The summed E-state index contributed by atoms with van der Waals surface area (Å²) in [5.41, 5.74) is 4.56. The van der Waals surface area contributed by atoms with Crippen molar-refractivity contribution in [1.29, 1.82) is 0 Å². The number of fused-ring (bicyclic) bond motifs is 2. The summed E-state index contributed by atoms with van der Waals surface area (Å²) in [4.78, 5) is 34.4. The fourth-order valence-corrected chi connectivity index (χ4v) is 5.16. The number of aryl methyl sites for hydroxylation is 1. The number of nitrogens with one attached hydrogen (secondary N) is 1. The number of carbonyl (C=O) groups excluding carboxylic acids is 2. The number of hydrogen-bond donors (Lipinski definition) is 1. The van der Waals surface area contributed by atoms with E-state index < -0.39 is 5.97 Å². The Balaban J connectivity index is 1.27. The first-order valence-corrected chi connectivity index (χ1v) is 11.7. The lowest BCUT2D eigenvalue weighted by molar-refractivity contribution is -0.145. The molecule has 2 aliphatic rings. The number of benzene rings is 2. The summed E-state index contributed by atoms with van der Waals surface area (Å²) in [6.45, 7) is 5.75. The molecule has 0 radical (unpaired) electrons. The third kappa shape index (κ3) is 4.46. The van der Waals surface area contributed by atoms with Crippen molar-refractivity contribution in [1.82, 2.24) is 9.88 Å². The van der Waals surface area contributed by atoms with Crippen molar-refractivity contribution in [2.75, 3.05) is 49.1 Å². The highest BCUT2D eigenvalue weighted by Gasteiger charge is 2.33. The minimum absolute atomic E-state index is 0.0719. The Morgan fingerprint density at radius 3 is 2.61 bits per heavy atom. The largest absolute Gasteiger partial charge is 0.456 e. The van der Waals surface area contributed by atoms with Gasteiger partial charge in [0.1, 0.15) is 0 Å². The second-order valence-corrected chi connectivity index (χ2v) is 8.87. The summed E-state index contributed by atoms with van der Waals surface area (Å²) in [7, 11) is 0. The Bertz CT molecular complexity index is 1150. The van der Waals surface area contributed by atoms with Crippen molar-refractivity contribution in [2.24, 2.45) is 0 Å². The Kier molecular flexibility index (Phi) is 6.05. The highest BCUT2D eigenvalue weighted by Crippen LogP contribution is 2.32. The number of aromatic amines is 1.